The summed E-state index contributed by atoms with van der Waals surface area (Å²) in [6.45, 7) is 0. The third-order valence-corrected chi connectivity index (χ3v) is 3.44. The van der Waals surface area contributed by atoms with Crippen molar-refractivity contribution < 1.29 is 8.42 Å². The highest BCUT2D eigenvalue weighted by Crippen LogP contribution is 2.24. The summed E-state index contributed by atoms with van der Waals surface area (Å²) in [7, 11) is -3.60. The molecule has 0 bridgehead atoms. The normalized spacial score (nSPS) is 24.5. The average Bonchev–Trinajstić information content (AvgIpc) is 3.04. The van der Waals surface area contributed by atoms with Gasteiger partial charge in [0.1, 0.15) is 5.71 Å². The molecule has 0 amide bonds. The number of hydrogen-bond acceptors (Lipinski definition) is 3. The van der Waals surface area contributed by atoms with Crippen molar-refractivity contribution in [3.63, 3.8) is 0 Å². The molecular formula is C11H11N3O2S. The predicted molar refractivity (Wildman–Crippen MR) is 65.5 cm³/mol. The Morgan fingerprint density at radius 3 is 2.59 bits per heavy atom. The molecule has 0 unspecified atom stereocenters. The number of benzene rings is 1. The Balaban J connectivity index is 2.05. The van der Waals surface area contributed by atoms with Crippen LogP contribution in [0.25, 0.3) is 0 Å². The van der Waals surface area contributed by atoms with Crippen LogP contribution < -0.4 is 4.72 Å². The van der Waals surface area contributed by atoms with Gasteiger partial charge >= 0.3 is 10.2 Å². The molecular weight excluding hydrogens is 238 g/mol. The maximum Gasteiger partial charge on any atom is 0.344 e. The first kappa shape index (κ1) is 10.5. The summed E-state index contributed by atoms with van der Waals surface area (Å²) < 4.78 is 29.0. The number of amidine groups is 1. The van der Waals surface area contributed by atoms with Crippen LogP contribution in [0, 0.1) is 0 Å². The van der Waals surface area contributed by atoms with Crippen molar-refractivity contribution in [3.8, 4) is 0 Å². The zero-order valence-corrected chi connectivity index (χ0v) is 9.81. The molecule has 1 aromatic rings. The Morgan fingerprint density at radius 2 is 1.94 bits per heavy atom. The van der Waals surface area contributed by atoms with Crippen molar-refractivity contribution in [2.24, 2.45) is 9.39 Å². The molecule has 1 N–H and O–H groups in total. The molecule has 3 rings (SSSR count). The fourth-order valence-electron chi connectivity index (χ4n) is 1.62. The second-order valence-corrected chi connectivity index (χ2v) is 5.43. The zero-order valence-electron chi connectivity index (χ0n) is 9.00. The fourth-order valence-corrected chi connectivity index (χ4v) is 2.49. The number of aliphatic imine (C=N–C) groups is 1. The summed E-state index contributed by atoms with van der Waals surface area (Å²) in [4.78, 5) is 4.34. The summed E-state index contributed by atoms with van der Waals surface area (Å²) >= 11 is 0. The number of hydrogen-bond donors (Lipinski definition) is 1. The van der Waals surface area contributed by atoms with Gasteiger partial charge in [-0.3, -0.25) is 4.99 Å². The summed E-state index contributed by atoms with van der Waals surface area (Å²) in [5, 5.41) is 0. The maximum absolute atomic E-state index is 11.4. The van der Waals surface area contributed by atoms with E-state index >= 15 is 0 Å². The second kappa shape index (κ2) is 3.66. The Bertz CT molecular complexity index is 601. The van der Waals surface area contributed by atoms with Crippen LogP contribution in [0.3, 0.4) is 0 Å². The van der Waals surface area contributed by atoms with Crippen LogP contribution in [0.15, 0.2) is 39.7 Å². The summed E-state index contributed by atoms with van der Waals surface area (Å²) in [6.07, 6.45) is 2.04. The molecule has 6 heteroatoms. The van der Waals surface area contributed by atoms with E-state index in [2.05, 4.69) is 14.1 Å². The van der Waals surface area contributed by atoms with Gasteiger partial charge in [-0.15, -0.1) is 4.40 Å². The van der Waals surface area contributed by atoms with Gasteiger partial charge in [-0.25, -0.2) is 4.72 Å². The molecule has 2 aliphatic rings. The average molecular weight is 249 g/mol. The van der Waals surface area contributed by atoms with Crippen LogP contribution >= 0.6 is 0 Å². The Labute approximate surface area is 99.5 Å². The Morgan fingerprint density at radius 1 is 1.24 bits per heavy atom. The van der Waals surface area contributed by atoms with E-state index < -0.39 is 10.2 Å². The second-order valence-electron chi connectivity index (χ2n) is 4.09. The molecule has 17 heavy (non-hydrogen) atoms. The topological polar surface area (TPSA) is 70.9 Å². The van der Waals surface area contributed by atoms with Gasteiger partial charge in [-0.1, -0.05) is 30.3 Å². The van der Waals surface area contributed by atoms with Crippen molar-refractivity contribution in [3.05, 3.63) is 35.9 Å². The number of nitrogens with zero attached hydrogens (tertiary/aromatic N) is 2. The molecule has 1 heterocycles. The summed E-state index contributed by atoms with van der Waals surface area (Å²) in [5.74, 6) is 0.374. The van der Waals surface area contributed by atoms with E-state index in [0.29, 0.717) is 11.5 Å². The minimum atomic E-state index is -3.60. The van der Waals surface area contributed by atoms with E-state index in [0.717, 1.165) is 18.4 Å². The first-order chi connectivity index (χ1) is 8.14. The van der Waals surface area contributed by atoms with Crippen molar-refractivity contribution in [1.82, 2.24) is 4.72 Å². The molecule has 0 atom stereocenters. The molecule has 0 spiro atoms. The minimum absolute atomic E-state index is 0.250. The smallest absolute Gasteiger partial charge is 0.262 e. The highest BCUT2D eigenvalue weighted by atomic mass is 32.2. The van der Waals surface area contributed by atoms with Gasteiger partial charge in [0.05, 0.1) is 6.04 Å². The van der Waals surface area contributed by atoms with Gasteiger partial charge in [0, 0.05) is 5.56 Å². The molecule has 0 radical (unpaired) electrons. The van der Waals surface area contributed by atoms with Gasteiger partial charge in [0.2, 0.25) is 0 Å². The minimum Gasteiger partial charge on any atom is -0.262 e. The van der Waals surface area contributed by atoms with E-state index in [9.17, 15) is 8.42 Å². The molecule has 5 nitrogen and oxygen atoms in total. The van der Waals surface area contributed by atoms with Crippen LogP contribution in [0.4, 0.5) is 0 Å². The molecule has 88 valence electrons. The monoisotopic (exact) mass is 249 g/mol. The van der Waals surface area contributed by atoms with E-state index in [1.807, 2.05) is 30.3 Å². The van der Waals surface area contributed by atoms with Crippen LogP contribution in [0.2, 0.25) is 0 Å². The van der Waals surface area contributed by atoms with Gasteiger partial charge in [0.25, 0.3) is 0 Å². The number of nitrogens with one attached hydrogen (secondary N) is 1. The van der Waals surface area contributed by atoms with Gasteiger partial charge in [0.15, 0.2) is 5.84 Å². The van der Waals surface area contributed by atoms with Crippen molar-refractivity contribution in [2.45, 2.75) is 18.9 Å². The molecule has 1 aliphatic carbocycles. The predicted octanol–water partition coefficient (Wildman–Crippen LogP) is 0.885. The fraction of sp³-hybridized carbons (Fsp3) is 0.273. The lowest BCUT2D eigenvalue weighted by atomic mass is 10.1. The molecule has 1 fully saturated rings. The van der Waals surface area contributed by atoms with E-state index in [1.165, 1.54) is 0 Å². The van der Waals surface area contributed by atoms with Crippen molar-refractivity contribution in [2.75, 3.05) is 0 Å². The van der Waals surface area contributed by atoms with E-state index in [-0.39, 0.29) is 6.04 Å². The van der Waals surface area contributed by atoms with Crippen molar-refractivity contribution >= 4 is 21.8 Å². The van der Waals surface area contributed by atoms with Crippen LogP contribution in [0.1, 0.15) is 18.4 Å². The van der Waals surface area contributed by atoms with Gasteiger partial charge in [-0.2, -0.15) is 8.42 Å². The lowest BCUT2D eigenvalue weighted by Crippen LogP contribution is -2.27. The first-order valence-electron chi connectivity index (χ1n) is 5.40. The SMILES string of the molecule is O=S1(=O)N=C(c2ccccc2)C(=NC2CC2)N1. The number of rotatable bonds is 2. The third-order valence-electron chi connectivity index (χ3n) is 2.57. The van der Waals surface area contributed by atoms with Crippen LogP contribution in [-0.4, -0.2) is 26.0 Å². The first-order valence-corrected chi connectivity index (χ1v) is 6.84. The third kappa shape index (κ3) is 2.21. The standard InChI is InChI=1S/C11H11N3O2S/c15-17(16)13-10(8-4-2-1-3-5-8)11(14-17)12-9-6-7-9/h1-5,9H,6-7H2,(H,12,14). The van der Waals surface area contributed by atoms with E-state index in [4.69, 9.17) is 0 Å². The summed E-state index contributed by atoms with van der Waals surface area (Å²) in [6, 6.07) is 9.46. The molecule has 1 aliphatic heterocycles. The van der Waals surface area contributed by atoms with Crippen molar-refractivity contribution in [1.29, 1.82) is 0 Å². The Hall–Kier alpha value is -1.69. The zero-order chi connectivity index (χ0) is 11.9. The van der Waals surface area contributed by atoms with Gasteiger partial charge in [-0.05, 0) is 12.8 Å². The van der Waals surface area contributed by atoms with Crippen LogP contribution in [-0.2, 0) is 10.2 Å². The highest BCUT2D eigenvalue weighted by Gasteiger charge is 2.30. The van der Waals surface area contributed by atoms with Crippen LogP contribution in [0.5, 0.6) is 0 Å². The Kier molecular flexibility index (Phi) is 2.25. The quantitative estimate of drug-likeness (QED) is 0.845. The largest absolute Gasteiger partial charge is 0.344 e. The maximum atomic E-state index is 11.4. The summed E-state index contributed by atoms with van der Waals surface area (Å²) in [5.41, 5.74) is 1.18. The van der Waals surface area contributed by atoms with Gasteiger partial charge < -0.3 is 0 Å². The highest BCUT2D eigenvalue weighted by molar-refractivity contribution is 7.89. The lowest BCUT2D eigenvalue weighted by molar-refractivity contribution is 0.596. The molecule has 0 saturated heterocycles. The molecule has 1 aromatic carbocycles. The van der Waals surface area contributed by atoms with E-state index in [1.54, 1.807) is 0 Å². The molecule has 1 saturated carbocycles. The lowest BCUT2D eigenvalue weighted by Gasteiger charge is -2.01. The molecule has 0 aromatic heterocycles.